The number of H-pyrrole nitrogens is 1. The van der Waals surface area contributed by atoms with Crippen molar-refractivity contribution in [1.82, 2.24) is 24.4 Å². The van der Waals surface area contributed by atoms with E-state index in [-0.39, 0.29) is 22.0 Å². The number of aromatic nitrogens is 3. The third-order valence-electron chi connectivity index (χ3n) is 4.61. The number of nitrogens with zero attached hydrogens (tertiary/aromatic N) is 3. The molecule has 1 heterocycles. The van der Waals surface area contributed by atoms with Crippen LogP contribution in [-0.2, 0) is 16.6 Å². The summed E-state index contributed by atoms with van der Waals surface area (Å²) in [4.78, 5) is 12.5. The molecule has 0 saturated heterocycles. The molecule has 1 aromatic carbocycles. The third-order valence-corrected chi connectivity index (χ3v) is 7.43. The van der Waals surface area contributed by atoms with Crippen LogP contribution in [-0.4, -0.2) is 46.5 Å². The summed E-state index contributed by atoms with van der Waals surface area (Å²) in [5.41, 5.74) is 0.210. The van der Waals surface area contributed by atoms with E-state index in [1.807, 2.05) is 4.57 Å². The number of halogens is 1. The highest BCUT2D eigenvalue weighted by molar-refractivity contribution is 7.89. The summed E-state index contributed by atoms with van der Waals surface area (Å²) in [7, 11) is -3.78. The standard InChI is InChI=1S/C17H22ClN5O3S2/c1-3-22(4-2)28(25,26)14-9-11(5-8-13(14)18)16(24)19-10-15-20-21-17(27)23(15)12-6-7-12/h5,8-9,12H,3-4,6-7,10H2,1-2H3,(H,19,24)(H,21,27). The van der Waals surface area contributed by atoms with Crippen molar-refractivity contribution in [2.45, 2.75) is 44.2 Å². The van der Waals surface area contributed by atoms with Gasteiger partial charge >= 0.3 is 0 Å². The molecule has 0 radical (unpaired) electrons. The van der Waals surface area contributed by atoms with Crippen molar-refractivity contribution >= 4 is 39.7 Å². The fraction of sp³-hybridized carbons (Fsp3) is 0.471. The molecular weight excluding hydrogens is 422 g/mol. The van der Waals surface area contributed by atoms with Gasteiger partial charge in [0, 0.05) is 24.7 Å². The Hall–Kier alpha value is -1.75. The van der Waals surface area contributed by atoms with Crippen molar-refractivity contribution in [3.8, 4) is 0 Å². The summed E-state index contributed by atoms with van der Waals surface area (Å²) in [5, 5.41) is 9.76. The Kier molecular flexibility index (Phi) is 6.23. The fourth-order valence-corrected chi connectivity index (χ4v) is 5.24. The van der Waals surface area contributed by atoms with E-state index in [2.05, 4.69) is 15.5 Å². The average Bonchev–Trinajstić information content (AvgIpc) is 3.43. The first-order valence-electron chi connectivity index (χ1n) is 9.03. The lowest BCUT2D eigenvalue weighted by Crippen LogP contribution is -2.31. The summed E-state index contributed by atoms with van der Waals surface area (Å²) in [6, 6.07) is 4.56. The SMILES string of the molecule is CCN(CC)S(=O)(=O)c1cc(C(=O)NCc2n[nH]c(=S)n2C2CC2)ccc1Cl. The molecular formula is C17H22ClN5O3S2. The number of nitrogens with one attached hydrogen (secondary N) is 2. The van der Waals surface area contributed by atoms with Crippen LogP contribution in [0.5, 0.6) is 0 Å². The van der Waals surface area contributed by atoms with E-state index in [1.54, 1.807) is 13.8 Å². The average molecular weight is 444 g/mol. The highest BCUT2D eigenvalue weighted by Crippen LogP contribution is 2.35. The van der Waals surface area contributed by atoms with Gasteiger partial charge in [-0.15, -0.1) is 0 Å². The molecule has 1 aliphatic rings. The van der Waals surface area contributed by atoms with Crippen molar-refractivity contribution < 1.29 is 13.2 Å². The van der Waals surface area contributed by atoms with E-state index in [1.165, 1.54) is 22.5 Å². The predicted octanol–water partition coefficient (Wildman–Crippen LogP) is 2.89. The molecule has 1 saturated carbocycles. The maximum Gasteiger partial charge on any atom is 0.251 e. The summed E-state index contributed by atoms with van der Waals surface area (Å²) in [6.45, 7) is 4.31. The van der Waals surface area contributed by atoms with E-state index in [0.29, 0.717) is 29.7 Å². The van der Waals surface area contributed by atoms with Crippen LogP contribution in [0.2, 0.25) is 5.02 Å². The minimum atomic E-state index is -3.78. The van der Waals surface area contributed by atoms with E-state index in [4.69, 9.17) is 23.8 Å². The second-order valence-electron chi connectivity index (χ2n) is 6.46. The molecule has 2 N–H and O–H groups in total. The Morgan fingerprint density at radius 2 is 2.07 bits per heavy atom. The second kappa shape index (κ2) is 8.32. The lowest BCUT2D eigenvalue weighted by Gasteiger charge is -2.19. The monoisotopic (exact) mass is 443 g/mol. The molecule has 11 heteroatoms. The third kappa shape index (κ3) is 4.14. The van der Waals surface area contributed by atoms with Crippen molar-refractivity contribution in [2.24, 2.45) is 0 Å². The lowest BCUT2D eigenvalue weighted by atomic mass is 10.2. The first-order chi connectivity index (χ1) is 13.3. The summed E-state index contributed by atoms with van der Waals surface area (Å²) < 4.78 is 29.3. The number of sulfonamides is 1. The van der Waals surface area contributed by atoms with E-state index in [0.717, 1.165) is 12.8 Å². The number of aromatic amines is 1. The van der Waals surface area contributed by atoms with Crippen molar-refractivity contribution in [3.63, 3.8) is 0 Å². The Morgan fingerprint density at radius 1 is 1.39 bits per heavy atom. The Bertz CT molecular complexity index is 1040. The first kappa shape index (κ1) is 21.0. The van der Waals surface area contributed by atoms with Gasteiger partial charge in [0.25, 0.3) is 5.91 Å². The molecule has 1 fully saturated rings. The van der Waals surface area contributed by atoms with E-state index in [9.17, 15) is 13.2 Å². The number of carbonyl (C=O) groups is 1. The summed E-state index contributed by atoms with van der Waals surface area (Å²) in [6.07, 6.45) is 2.08. The Balaban J connectivity index is 1.81. The largest absolute Gasteiger partial charge is 0.345 e. The van der Waals surface area contributed by atoms with Crippen molar-refractivity contribution in [2.75, 3.05) is 13.1 Å². The molecule has 1 aliphatic carbocycles. The highest BCUT2D eigenvalue weighted by atomic mass is 35.5. The zero-order chi connectivity index (χ0) is 20.5. The van der Waals surface area contributed by atoms with Crippen molar-refractivity contribution in [3.05, 3.63) is 39.4 Å². The van der Waals surface area contributed by atoms with Gasteiger partial charge in [-0.1, -0.05) is 25.4 Å². The van der Waals surface area contributed by atoms with Crippen molar-refractivity contribution in [1.29, 1.82) is 0 Å². The minimum absolute atomic E-state index is 0.0776. The fourth-order valence-electron chi connectivity index (χ4n) is 2.98. The van der Waals surface area contributed by atoms with Gasteiger partial charge < -0.3 is 5.32 Å². The van der Waals surface area contributed by atoms with Gasteiger partial charge in [0.15, 0.2) is 10.6 Å². The zero-order valence-corrected chi connectivity index (χ0v) is 18.0. The lowest BCUT2D eigenvalue weighted by molar-refractivity contribution is 0.0949. The number of amides is 1. The normalized spacial score (nSPS) is 14.4. The molecule has 0 spiro atoms. The molecule has 2 aromatic rings. The molecule has 0 bridgehead atoms. The molecule has 0 aliphatic heterocycles. The summed E-state index contributed by atoms with van der Waals surface area (Å²) in [5.74, 6) is 0.231. The first-order valence-corrected chi connectivity index (χ1v) is 11.3. The molecule has 1 aromatic heterocycles. The number of carbonyl (C=O) groups excluding carboxylic acids is 1. The smallest absolute Gasteiger partial charge is 0.251 e. The van der Waals surface area contributed by atoms with Gasteiger partial charge in [0.05, 0.1) is 11.6 Å². The molecule has 3 rings (SSSR count). The Morgan fingerprint density at radius 3 is 2.68 bits per heavy atom. The molecule has 0 unspecified atom stereocenters. The number of rotatable bonds is 8. The van der Waals surface area contributed by atoms with Crippen LogP contribution in [0, 0.1) is 4.77 Å². The quantitative estimate of drug-likeness (QED) is 0.611. The predicted molar refractivity (Wildman–Crippen MR) is 108 cm³/mol. The highest BCUT2D eigenvalue weighted by Gasteiger charge is 2.28. The van der Waals surface area contributed by atoms with Gasteiger partial charge in [-0.3, -0.25) is 14.5 Å². The topological polar surface area (TPSA) is 100 Å². The molecule has 0 atom stereocenters. The van der Waals surface area contributed by atoms with Crippen LogP contribution in [0.3, 0.4) is 0 Å². The molecule has 8 nitrogen and oxygen atoms in total. The van der Waals surface area contributed by atoms with Gasteiger partial charge in [-0.05, 0) is 43.3 Å². The van der Waals surface area contributed by atoms with Gasteiger partial charge in [-0.25, -0.2) is 8.42 Å². The van der Waals surface area contributed by atoms with Gasteiger partial charge in [-0.2, -0.15) is 9.40 Å². The van der Waals surface area contributed by atoms with Crippen LogP contribution >= 0.6 is 23.8 Å². The zero-order valence-electron chi connectivity index (χ0n) is 15.6. The van der Waals surface area contributed by atoms with Crippen LogP contribution < -0.4 is 5.32 Å². The van der Waals surface area contributed by atoms with Crippen LogP contribution in [0.25, 0.3) is 0 Å². The van der Waals surface area contributed by atoms with Crippen LogP contribution in [0.15, 0.2) is 23.1 Å². The van der Waals surface area contributed by atoms with Gasteiger partial charge in [0.2, 0.25) is 10.0 Å². The number of hydrogen-bond donors (Lipinski definition) is 2. The maximum absolute atomic E-state index is 12.8. The number of hydrogen-bond acceptors (Lipinski definition) is 5. The minimum Gasteiger partial charge on any atom is -0.345 e. The van der Waals surface area contributed by atoms with E-state index >= 15 is 0 Å². The Labute approximate surface area is 173 Å². The summed E-state index contributed by atoms with van der Waals surface area (Å²) >= 11 is 11.3. The molecule has 152 valence electrons. The second-order valence-corrected chi connectivity index (χ2v) is 9.16. The van der Waals surface area contributed by atoms with Crippen LogP contribution in [0.4, 0.5) is 0 Å². The maximum atomic E-state index is 12.8. The molecule has 1 amide bonds. The van der Waals surface area contributed by atoms with E-state index < -0.39 is 15.9 Å². The van der Waals surface area contributed by atoms with Gasteiger partial charge in [0.1, 0.15) is 4.90 Å². The number of benzene rings is 1. The van der Waals surface area contributed by atoms with Crippen LogP contribution in [0.1, 0.15) is 48.9 Å². The molecule has 28 heavy (non-hydrogen) atoms.